The van der Waals surface area contributed by atoms with E-state index in [-0.39, 0.29) is 17.3 Å². The van der Waals surface area contributed by atoms with Crippen molar-refractivity contribution in [3.05, 3.63) is 114 Å². The SMILES string of the molecule is CC(C)c1cc(-c2ccccc2)cc(C(C)C)c1-n1c(-c2cccc3c2oc2ccccc23)nc2ccc(C(C)(C)C)nc21. The summed E-state index contributed by atoms with van der Waals surface area (Å²) < 4.78 is 8.89. The molecule has 0 unspecified atom stereocenters. The van der Waals surface area contributed by atoms with Gasteiger partial charge in [0.1, 0.15) is 16.7 Å². The van der Waals surface area contributed by atoms with E-state index >= 15 is 0 Å². The van der Waals surface area contributed by atoms with E-state index in [0.29, 0.717) is 0 Å². The number of benzene rings is 4. The Morgan fingerprint density at radius 3 is 2.00 bits per heavy atom. The molecule has 0 aliphatic heterocycles. The van der Waals surface area contributed by atoms with Crippen LogP contribution >= 0.6 is 0 Å². The minimum Gasteiger partial charge on any atom is -0.455 e. The molecule has 0 aliphatic rings. The lowest BCUT2D eigenvalue weighted by Gasteiger charge is -2.24. The van der Waals surface area contributed by atoms with Crippen molar-refractivity contribution in [2.24, 2.45) is 0 Å². The van der Waals surface area contributed by atoms with Gasteiger partial charge in [-0.05, 0) is 70.5 Å². The zero-order valence-electron chi connectivity index (χ0n) is 26.6. The second kappa shape index (κ2) is 10.5. The summed E-state index contributed by atoms with van der Waals surface area (Å²) in [6.45, 7) is 15.8. The molecule has 0 saturated heterocycles. The van der Waals surface area contributed by atoms with Crippen LogP contribution in [0.25, 0.3) is 61.3 Å². The Labute approximate surface area is 259 Å². The third-order valence-electron chi connectivity index (χ3n) is 8.66. The van der Waals surface area contributed by atoms with Gasteiger partial charge in [-0.2, -0.15) is 0 Å². The summed E-state index contributed by atoms with van der Waals surface area (Å²) in [6, 6.07) is 34.3. The highest BCUT2D eigenvalue weighted by Gasteiger charge is 2.27. The lowest BCUT2D eigenvalue weighted by atomic mass is 9.88. The molecule has 220 valence electrons. The highest BCUT2D eigenvalue weighted by atomic mass is 16.3. The monoisotopic (exact) mass is 577 g/mol. The predicted octanol–water partition coefficient (Wildman–Crippen LogP) is 11.2. The van der Waals surface area contributed by atoms with Crippen LogP contribution in [-0.2, 0) is 5.41 Å². The van der Waals surface area contributed by atoms with Crippen LogP contribution < -0.4 is 0 Å². The van der Waals surface area contributed by atoms with Gasteiger partial charge in [0.2, 0.25) is 0 Å². The Morgan fingerprint density at radius 1 is 0.659 bits per heavy atom. The molecular weight excluding hydrogens is 538 g/mol. The average molecular weight is 578 g/mol. The number of furan rings is 1. The first-order valence-electron chi connectivity index (χ1n) is 15.7. The lowest BCUT2D eigenvalue weighted by Crippen LogP contribution is -2.15. The molecule has 0 bridgehead atoms. The van der Waals surface area contributed by atoms with E-state index in [1.54, 1.807) is 0 Å². The van der Waals surface area contributed by atoms with Crippen molar-refractivity contribution in [2.75, 3.05) is 0 Å². The number of nitrogens with zero attached hydrogens (tertiary/aromatic N) is 3. The minimum absolute atomic E-state index is 0.110. The smallest absolute Gasteiger partial charge is 0.165 e. The van der Waals surface area contributed by atoms with E-state index in [1.807, 2.05) is 12.1 Å². The van der Waals surface area contributed by atoms with Crippen LogP contribution in [0, 0.1) is 0 Å². The highest BCUT2D eigenvalue weighted by molar-refractivity contribution is 6.09. The number of rotatable bonds is 5. The number of imidazole rings is 1. The summed E-state index contributed by atoms with van der Waals surface area (Å²) >= 11 is 0. The molecule has 7 aromatic rings. The Bertz CT molecular complexity index is 2130. The first-order valence-corrected chi connectivity index (χ1v) is 15.7. The Hall–Kier alpha value is -4.70. The molecule has 4 nitrogen and oxygen atoms in total. The fourth-order valence-electron chi connectivity index (χ4n) is 6.31. The van der Waals surface area contributed by atoms with Gasteiger partial charge in [-0.15, -0.1) is 0 Å². The van der Waals surface area contributed by atoms with Crippen molar-refractivity contribution in [3.8, 4) is 28.2 Å². The molecule has 4 aromatic carbocycles. The second-order valence-electron chi connectivity index (χ2n) is 13.5. The van der Waals surface area contributed by atoms with Crippen LogP contribution in [0.3, 0.4) is 0 Å². The quantitative estimate of drug-likeness (QED) is 0.204. The van der Waals surface area contributed by atoms with Gasteiger partial charge in [0.25, 0.3) is 0 Å². The summed E-state index contributed by atoms with van der Waals surface area (Å²) in [5.41, 5.74) is 11.5. The van der Waals surface area contributed by atoms with Crippen molar-refractivity contribution in [1.29, 1.82) is 0 Å². The molecule has 44 heavy (non-hydrogen) atoms. The highest BCUT2D eigenvalue weighted by Crippen LogP contribution is 2.42. The van der Waals surface area contributed by atoms with E-state index in [4.69, 9.17) is 14.4 Å². The zero-order valence-corrected chi connectivity index (χ0v) is 26.6. The number of fused-ring (bicyclic) bond motifs is 4. The number of para-hydroxylation sites is 2. The molecule has 0 radical (unpaired) electrons. The van der Waals surface area contributed by atoms with Crippen LogP contribution in [0.1, 0.15) is 77.1 Å². The fraction of sp³-hybridized carbons (Fsp3) is 0.250. The summed E-state index contributed by atoms with van der Waals surface area (Å²) in [7, 11) is 0. The van der Waals surface area contributed by atoms with Gasteiger partial charge < -0.3 is 4.42 Å². The molecule has 0 atom stereocenters. The second-order valence-corrected chi connectivity index (χ2v) is 13.5. The molecule has 4 heteroatoms. The maximum absolute atomic E-state index is 6.56. The zero-order chi connectivity index (χ0) is 30.7. The number of aromatic nitrogens is 3. The predicted molar refractivity (Wildman–Crippen MR) is 184 cm³/mol. The van der Waals surface area contributed by atoms with Gasteiger partial charge in [-0.1, -0.05) is 109 Å². The average Bonchev–Trinajstić information content (AvgIpc) is 3.58. The third kappa shape index (κ3) is 4.61. The van der Waals surface area contributed by atoms with E-state index < -0.39 is 0 Å². The Morgan fingerprint density at radius 2 is 1.32 bits per heavy atom. The Kier molecular flexibility index (Phi) is 6.69. The summed E-state index contributed by atoms with van der Waals surface area (Å²) in [5.74, 6) is 1.38. The summed E-state index contributed by atoms with van der Waals surface area (Å²) in [6.07, 6.45) is 0. The van der Waals surface area contributed by atoms with Crippen LogP contribution in [-0.4, -0.2) is 14.5 Å². The van der Waals surface area contributed by atoms with Gasteiger partial charge in [0.15, 0.2) is 11.5 Å². The molecule has 0 fully saturated rings. The van der Waals surface area contributed by atoms with Crippen molar-refractivity contribution < 1.29 is 4.42 Å². The number of hydrogen-bond donors (Lipinski definition) is 0. The van der Waals surface area contributed by atoms with Crippen molar-refractivity contribution in [1.82, 2.24) is 14.5 Å². The lowest BCUT2D eigenvalue weighted by molar-refractivity contribution is 0.570. The molecule has 7 rings (SSSR count). The molecule has 0 spiro atoms. The molecule has 0 aliphatic carbocycles. The van der Waals surface area contributed by atoms with Gasteiger partial charge in [-0.3, -0.25) is 4.57 Å². The van der Waals surface area contributed by atoms with Gasteiger partial charge in [0.05, 0.1) is 11.3 Å². The third-order valence-corrected chi connectivity index (χ3v) is 8.66. The van der Waals surface area contributed by atoms with Crippen molar-refractivity contribution >= 4 is 33.1 Å². The van der Waals surface area contributed by atoms with Gasteiger partial charge in [-0.25, -0.2) is 9.97 Å². The molecule has 3 heterocycles. The van der Waals surface area contributed by atoms with E-state index in [1.165, 1.54) is 27.9 Å². The molecule has 0 saturated carbocycles. The van der Waals surface area contributed by atoms with Crippen LogP contribution in [0.2, 0.25) is 0 Å². The normalized spacial score (nSPS) is 12.4. The molecule has 0 N–H and O–H groups in total. The maximum atomic E-state index is 6.56. The maximum Gasteiger partial charge on any atom is 0.165 e. The Balaban J connectivity index is 1.63. The molecular formula is C40H39N3O. The van der Waals surface area contributed by atoms with E-state index in [2.05, 4.69) is 138 Å². The standard InChI is InChI=1S/C40H39N3O/c1-24(2)31-22-27(26-14-9-8-10-15-26)23-32(25(3)4)36(31)43-38(41-33-20-21-35(40(5,6)7)42-39(33)43)30-18-13-17-29-28-16-11-12-19-34(28)44-37(29)30/h8-25H,1-7H3. The number of pyridine rings is 1. The summed E-state index contributed by atoms with van der Waals surface area (Å²) in [4.78, 5) is 10.7. The van der Waals surface area contributed by atoms with E-state index in [9.17, 15) is 0 Å². The van der Waals surface area contributed by atoms with Crippen molar-refractivity contribution in [2.45, 2.75) is 65.7 Å². The number of hydrogen-bond acceptors (Lipinski definition) is 3. The largest absolute Gasteiger partial charge is 0.455 e. The first-order chi connectivity index (χ1) is 21.1. The topological polar surface area (TPSA) is 43.9 Å². The van der Waals surface area contributed by atoms with Gasteiger partial charge >= 0.3 is 0 Å². The summed E-state index contributed by atoms with van der Waals surface area (Å²) in [5, 5.41) is 2.20. The van der Waals surface area contributed by atoms with Crippen LogP contribution in [0.5, 0.6) is 0 Å². The van der Waals surface area contributed by atoms with Gasteiger partial charge in [0, 0.05) is 21.9 Å². The first kappa shape index (κ1) is 28.1. The minimum atomic E-state index is -0.110. The van der Waals surface area contributed by atoms with Crippen LogP contribution in [0.15, 0.2) is 101 Å². The molecule has 0 amide bonds. The van der Waals surface area contributed by atoms with Crippen molar-refractivity contribution in [3.63, 3.8) is 0 Å². The van der Waals surface area contributed by atoms with Crippen LogP contribution in [0.4, 0.5) is 0 Å². The van der Waals surface area contributed by atoms with E-state index in [0.717, 1.165) is 50.2 Å². The fourth-order valence-corrected chi connectivity index (χ4v) is 6.31. The molecule has 3 aromatic heterocycles.